The van der Waals surface area contributed by atoms with Crippen LogP contribution in [0.15, 0.2) is 35.7 Å². The summed E-state index contributed by atoms with van der Waals surface area (Å²) >= 11 is 9.08. The summed E-state index contributed by atoms with van der Waals surface area (Å²) in [7, 11) is 0. The summed E-state index contributed by atoms with van der Waals surface area (Å²) in [6.07, 6.45) is 0. The van der Waals surface area contributed by atoms with Crippen LogP contribution >= 0.6 is 43.2 Å². The van der Waals surface area contributed by atoms with Crippen molar-refractivity contribution in [3.63, 3.8) is 0 Å². The van der Waals surface area contributed by atoms with E-state index in [2.05, 4.69) is 67.6 Å². The van der Waals surface area contributed by atoms with E-state index in [4.69, 9.17) is 0 Å². The zero-order valence-corrected chi connectivity index (χ0v) is 13.0. The first-order valence-electron chi connectivity index (χ1n) is 5.38. The van der Waals surface area contributed by atoms with Gasteiger partial charge in [0.2, 0.25) is 0 Å². The monoisotopic (exact) mass is 368 g/mol. The van der Waals surface area contributed by atoms with Gasteiger partial charge in [0, 0.05) is 15.4 Å². The van der Waals surface area contributed by atoms with E-state index in [1.54, 1.807) is 0 Å². The molecule has 0 amide bonds. The quantitative estimate of drug-likeness (QED) is 0.497. The van der Waals surface area contributed by atoms with Crippen LogP contribution in [0.25, 0.3) is 20.9 Å². The molecule has 0 nitrogen and oxygen atoms in total. The molecule has 0 N–H and O–H groups in total. The lowest BCUT2D eigenvalue weighted by Crippen LogP contribution is -1.91. The third kappa shape index (κ3) is 1.76. The number of hydrogen-bond acceptors (Lipinski definition) is 1. The number of halogens is 2. The zero-order valence-electron chi connectivity index (χ0n) is 9.04. The third-order valence-corrected chi connectivity index (χ3v) is 5.19. The minimum atomic E-state index is 0.903. The van der Waals surface area contributed by atoms with Gasteiger partial charge in [-0.15, -0.1) is 11.3 Å². The summed E-state index contributed by atoms with van der Waals surface area (Å²) < 4.78 is 1.40. The van der Waals surface area contributed by atoms with Gasteiger partial charge in [-0.3, -0.25) is 0 Å². The van der Waals surface area contributed by atoms with Gasteiger partial charge >= 0.3 is 0 Å². The number of hydrogen-bond donors (Lipinski definition) is 0. The van der Waals surface area contributed by atoms with E-state index in [0.717, 1.165) is 10.7 Å². The summed E-state index contributed by atoms with van der Waals surface area (Å²) in [5.41, 5.74) is 2.82. The van der Waals surface area contributed by atoms with Gasteiger partial charge in [0.05, 0.1) is 0 Å². The maximum atomic E-state index is 3.63. The summed E-state index contributed by atoms with van der Waals surface area (Å²) in [6, 6.07) is 10.9. The Kier molecular flexibility index (Phi) is 3.24. The average Bonchev–Trinajstić information content (AvgIpc) is 2.86. The van der Waals surface area contributed by atoms with Gasteiger partial charge < -0.3 is 0 Å². The fourth-order valence-corrected chi connectivity index (χ4v) is 4.57. The average molecular weight is 370 g/mol. The van der Waals surface area contributed by atoms with Crippen LogP contribution in [0.5, 0.6) is 0 Å². The molecule has 0 spiro atoms. The van der Waals surface area contributed by atoms with E-state index in [0.29, 0.717) is 0 Å². The first-order chi connectivity index (χ1) is 8.36. The molecule has 3 aromatic rings. The van der Waals surface area contributed by atoms with Gasteiger partial charge in [0.25, 0.3) is 0 Å². The normalized spacial score (nSPS) is 11.4. The van der Waals surface area contributed by atoms with E-state index >= 15 is 0 Å². The molecule has 0 saturated heterocycles. The lowest BCUT2D eigenvalue weighted by molar-refractivity contribution is 1.37. The van der Waals surface area contributed by atoms with Crippen LogP contribution in [0, 0.1) is 0 Å². The SMILES string of the molecule is BrCc1c(CBr)c2ccsc2c2ccccc12. The summed E-state index contributed by atoms with van der Waals surface area (Å²) in [6.45, 7) is 0. The second-order valence-electron chi connectivity index (χ2n) is 3.93. The van der Waals surface area contributed by atoms with Crippen molar-refractivity contribution in [3.8, 4) is 0 Å². The smallest absolute Gasteiger partial charge is 0.0424 e. The van der Waals surface area contributed by atoms with Crippen LogP contribution in [0.2, 0.25) is 0 Å². The minimum Gasteiger partial charge on any atom is -0.143 e. The highest BCUT2D eigenvalue weighted by Gasteiger charge is 2.12. The molecule has 2 aromatic carbocycles. The van der Waals surface area contributed by atoms with Crippen molar-refractivity contribution in [3.05, 3.63) is 46.8 Å². The lowest BCUT2D eigenvalue weighted by Gasteiger charge is -2.11. The topological polar surface area (TPSA) is 0 Å². The van der Waals surface area contributed by atoms with E-state index in [1.165, 1.54) is 32.0 Å². The Morgan fingerprint density at radius 3 is 2.18 bits per heavy atom. The van der Waals surface area contributed by atoms with Crippen LogP contribution in [0.4, 0.5) is 0 Å². The predicted octanol–water partition coefficient (Wildman–Crippen LogP) is 5.84. The highest BCUT2D eigenvalue weighted by Crippen LogP contribution is 2.37. The maximum absolute atomic E-state index is 3.63. The molecule has 0 aliphatic carbocycles. The molecule has 0 aliphatic heterocycles. The van der Waals surface area contributed by atoms with Crippen molar-refractivity contribution < 1.29 is 0 Å². The number of thiophene rings is 1. The van der Waals surface area contributed by atoms with Crippen LogP contribution in [0.3, 0.4) is 0 Å². The van der Waals surface area contributed by atoms with Crippen molar-refractivity contribution in [1.29, 1.82) is 0 Å². The van der Waals surface area contributed by atoms with E-state index in [9.17, 15) is 0 Å². The molecule has 0 saturated carbocycles. The highest BCUT2D eigenvalue weighted by molar-refractivity contribution is 9.09. The van der Waals surface area contributed by atoms with Gasteiger partial charge in [0.1, 0.15) is 0 Å². The lowest BCUT2D eigenvalue weighted by atomic mass is 9.98. The second kappa shape index (κ2) is 4.71. The molecule has 0 radical (unpaired) electrons. The predicted molar refractivity (Wildman–Crippen MR) is 84.6 cm³/mol. The van der Waals surface area contributed by atoms with Crippen LogP contribution in [0.1, 0.15) is 11.1 Å². The zero-order chi connectivity index (χ0) is 11.8. The Morgan fingerprint density at radius 2 is 1.47 bits per heavy atom. The number of benzene rings is 2. The maximum Gasteiger partial charge on any atom is 0.0424 e. The number of rotatable bonds is 2. The Hall–Kier alpha value is -0.380. The molecule has 0 bridgehead atoms. The molecule has 0 aliphatic rings. The molecule has 86 valence electrons. The fourth-order valence-electron chi connectivity index (χ4n) is 2.33. The van der Waals surface area contributed by atoms with Crippen molar-refractivity contribution in [2.24, 2.45) is 0 Å². The first-order valence-corrected chi connectivity index (χ1v) is 8.50. The molecule has 0 unspecified atom stereocenters. The molecule has 3 rings (SSSR count). The summed E-state index contributed by atoms with van der Waals surface area (Å²) in [5, 5.41) is 8.12. The van der Waals surface area contributed by atoms with Crippen LogP contribution < -0.4 is 0 Å². The molecular weight excluding hydrogens is 360 g/mol. The largest absolute Gasteiger partial charge is 0.143 e. The summed E-state index contributed by atoms with van der Waals surface area (Å²) in [5.74, 6) is 0. The van der Waals surface area contributed by atoms with E-state index in [-0.39, 0.29) is 0 Å². The van der Waals surface area contributed by atoms with Crippen LogP contribution in [-0.2, 0) is 10.7 Å². The van der Waals surface area contributed by atoms with Crippen molar-refractivity contribution in [2.75, 3.05) is 0 Å². The second-order valence-corrected chi connectivity index (χ2v) is 5.97. The molecule has 3 heteroatoms. The highest BCUT2D eigenvalue weighted by atomic mass is 79.9. The third-order valence-electron chi connectivity index (χ3n) is 3.12. The molecule has 1 aromatic heterocycles. The van der Waals surface area contributed by atoms with Crippen molar-refractivity contribution in [1.82, 2.24) is 0 Å². The van der Waals surface area contributed by atoms with Gasteiger partial charge in [-0.25, -0.2) is 0 Å². The van der Waals surface area contributed by atoms with Crippen molar-refractivity contribution in [2.45, 2.75) is 10.7 Å². The van der Waals surface area contributed by atoms with Gasteiger partial charge in [-0.1, -0.05) is 56.1 Å². The Morgan fingerprint density at radius 1 is 0.824 bits per heavy atom. The van der Waals surface area contributed by atoms with Gasteiger partial charge in [0.15, 0.2) is 0 Å². The molecule has 0 atom stereocenters. The molecular formula is C14H10Br2S. The van der Waals surface area contributed by atoms with Crippen molar-refractivity contribution >= 4 is 64.1 Å². The molecule has 0 fully saturated rings. The Labute approximate surface area is 121 Å². The summed E-state index contributed by atoms with van der Waals surface area (Å²) in [4.78, 5) is 0. The molecule has 1 heterocycles. The minimum absolute atomic E-state index is 0.903. The number of alkyl halides is 2. The van der Waals surface area contributed by atoms with E-state index < -0.39 is 0 Å². The number of fused-ring (bicyclic) bond motifs is 3. The first kappa shape index (κ1) is 11.7. The van der Waals surface area contributed by atoms with Crippen LogP contribution in [-0.4, -0.2) is 0 Å². The molecule has 17 heavy (non-hydrogen) atoms. The van der Waals surface area contributed by atoms with Gasteiger partial charge in [-0.2, -0.15) is 0 Å². The standard InChI is InChI=1S/C14H10Br2S/c15-7-12-9-3-1-2-4-10(9)14-11(5-6-17-14)13(12)8-16/h1-6H,7-8H2. The fraction of sp³-hybridized carbons (Fsp3) is 0.143. The van der Waals surface area contributed by atoms with Gasteiger partial charge in [-0.05, 0) is 38.7 Å². The van der Waals surface area contributed by atoms with E-state index in [1.807, 2.05) is 11.3 Å². The Bertz CT molecular complexity index is 685. The Balaban J connectivity index is 2.60.